The number of thiazole rings is 1. The van der Waals surface area contributed by atoms with E-state index in [1.165, 1.54) is 0 Å². The van der Waals surface area contributed by atoms with Crippen LogP contribution in [0.5, 0.6) is 0 Å². The summed E-state index contributed by atoms with van der Waals surface area (Å²) in [6.45, 7) is 2.46. The van der Waals surface area contributed by atoms with E-state index in [2.05, 4.69) is 21.4 Å². The van der Waals surface area contributed by atoms with Crippen LogP contribution in [-0.4, -0.2) is 15.9 Å². The highest BCUT2D eigenvalue weighted by molar-refractivity contribution is 7.21. The lowest BCUT2D eigenvalue weighted by Gasteiger charge is -2.05. The molecule has 0 atom stereocenters. The molecule has 0 spiro atoms. The van der Waals surface area contributed by atoms with Gasteiger partial charge in [-0.2, -0.15) is 0 Å². The number of nitrogens with one attached hydrogen (secondary N) is 1. The van der Waals surface area contributed by atoms with E-state index in [4.69, 9.17) is 11.6 Å². The second kappa shape index (κ2) is 7.47. The fraction of sp³-hybridized carbons (Fsp3) is 0.0952. The zero-order chi connectivity index (χ0) is 18.8. The Morgan fingerprint density at radius 1 is 1.11 bits per heavy atom. The summed E-state index contributed by atoms with van der Waals surface area (Å²) in [6, 6.07) is 15.1. The largest absolute Gasteiger partial charge is 0.348 e. The minimum absolute atomic E-state index is 0.112. The predicted molar refractivity (Wildman–Crippen MR) is 110 cm³/mol. The molecule has 2 heterocycles. The number of aryl methyl sites for hydroxylation is 1. The molecule has 0 radical (unpaired) electrons. The van der Waals surface area contributed by atoms with Gasteiger partial charge in [0, 0.05) is 35.1 Å². The van der Waals surface area contributed by atoms with Crippen molar-refractivity contribution in [2.75, 3.05) is 0 Å². The SMILES string of the molecule is Cc1cncc(-c2nc3ccc(C(=O)NCc4ccc(Cl)cc4)cc3s2)c1. The lowest BCUT2D eigenvalue weighted by molar-refractivity contribution is 0.0951. The van der Waals surface area contributed by atoms with Gasteiger partial charge in [-0.3, -0.25) is 9.78 Å². The van der Waals surface area contributed by atoms with Crippen molar-refractivity contribution >= 4 is 39.1 Å². The number of hydrogen-bond donors (Lipinski definition) is 1. The topological polar surface area (TPSA) is 54.9 Å². The summed E-state index contributed by atoms with van der Waals surface area (Å²) in [6.07, 6.45) is 3.63. The maximum absolute atomic E-state index is 12.5. The second-order valence-electron chi connectivity index (χ2n) is 6.26. The molecule has 1 N–H and O–H groups in total. The first-order valence-corrected chi connectivity index (χ1v) is 9.63. The van der Waals surface area contributed by atoms with Crippen LogP contribution >= 0.6 is 22.9 Å². The standard InChI is InChI=1S/C21H16ClN3OS/c1-13-8-16(12-23-10-13)21-25-18-7-4-15(9-19(18)27-21)20(26)24-11-14-2-5-17(22)6-3-14/h2-10,12H,11H2,1H3,(H,24,26). The van der Waals surface area contributed by atoms with Gasteiger partial charge in [-0.15, -0.1) is 11.3 Å². The molecule has 0 aliphatic rings. The van der Waals surface area contributed by atoms with Gasteiger partial charge < -0.3 is 5.32 Å². The first kappa shape index (κ1) is 17.6. The first-order valence-electron chi connectivity index (χ1n) is 8.44. The zero-order valence-corrected chi connectivity index (χ0v) is 16.1. The molecular weight excluding hydrogens is 378 g/mol. The van der Waals surface area contributed by atoms with E-state index in [1.807, 2.05) is 55.7 Å². The molecule has 27 heavy (non-hydrogen) atoms. The van der Waals surface area contributed by atoms with E-state index in [-0.39, 0.29) is 5.91 Å². The van der Waals surface area contributed by atoms with Crippen LogP contribution in [0.1, 0.15) is 21.5 Å². The van der Waals surface area contributed by atoms with Crippen molar-refractivity contribution in [3.63, 3.8) is 0 Å². The van der Waals surface area contributed by atoms with Gasteiger partial charge in [-0.1, -0.05) is 23.7 Å². The molecule has 4 rings (SSSR count). The Morgan fingerprint density at radius 3 is 2.70 bits per heavy atom. The van der Waals surface area contributed by atoms with Crippen LogP contribution in [0.3, 0.4) is 0 Å². The van der Waals surface area contributed by atoms with Crippen LogP contribution in [-0.2, 0) is 6.54 Å². The number of pyridine rings is 1. The number of nitrogens with zero attached hydrogens (tertiary/aromatic N) is 2. The van der Waals surface area contributed by atoms with E-state index in [0.29, 0.717) is 17.1 Å². The Labute approximate surface area is 165 Å². The fourth-order valence-electron chi connectivity index (χ4n) is 2.75. The molecule has 0 aliphatic heterocycles. The molecule has 134 valence electrons. The van der Waals surface area contributed by atoms with Crippen LogP contribution in [0, 0.1) is 6.92 Å². The van der Waals surface area contributed by atoms with E-state index in [9.17, 15) is 4.79 Å². The van der Waals surface area contributed by atoms with E-state index in [1.54, 1.807) is 17.4 Å². The highest BCUT2D eigenvalue weighted by Gasteiger charge is 2.11. The third-order valence-electron chi connectivity index (χ3n) is 4.14. The lowest BCUT2D eigenvalue weighted by atomic mass is 10.2. The van der Waals surface area contributed by atoms with Crippen molar-refractivity contribution < 1.29 is 4.79 Å². The van der Waals surface area contributed by atoms with Crippen molar-refractivity contribution in [1.29, 1.82) is 0 Å². The van der Waals surface area contributed by atoms with E-state index in [0.717, 1.165) is 31.9 Å². The maximum atomic E-state index is 12.5. The number of carbonyl (C=O) groups excluding carboxylic acids is 1. The number of carbonyl (C=O) groups is 1. The molecule has 0 unspecified atom stereocenters. The van der Waals surface area contributed by atoms with Crippen LogP contribution in [0.25, 0.3) is 20.8 Å². The molecule has 0 saturated heterocycles. The van der Waals surface area contributed by atoms with Gasteiger partial charge >= 0.3 is 0 Å². The number of halogens is 1. The fourth-order valence-corrected chi connectivity index (χ4v) is 3.86. The number of amides is 1. The van der Waals surface area contributed by atoms with Gasteiger partial charge in [0.2, 0.25) is 0 Å². The third-order valence-corrected chi connectivity index (χ3v) is 5.46. The summed E-state index contributed by atoms with van der Waals surface area (Å²) in [5.41, 5.74) is 4.58. The number of benzene rings is 2. The predicted octanol–water partition coefficient (Wildman–Crippen LogP) is 5.25. The summed E-state index contributed by atoms with van der Waals surface area (Å²) in [5.74, 6) is -0.112. The summed E-state index contributed by atoms with van der Waals surface area (Å²) in [7, 11) is 0. The second-order valence-corrected chi connectivity index (χ2v) is 7.73. The van der Waals surface area contributed by atoms with Gasteiger partial charge in [0.1, 0.15) is 5.01 Å². The zero-order valence-electron chi connectivity index (χ0n) is 14.6. The molecule has 2 aromatic heterocycles. The molecule has 2 aromatic carbocycles. The Bertz CT molecular complexity index is 1120. The van der Waals surface area contributed by atoms with Gasteiger partial charge in [0.25, 0.3) is 5.91 Å². The molecule has 4 nitrogen and oxygen atoms in total. The summed E-state index contributed by atoms with van der Waals surface area (Å²) >= 11 is 7.45. The van der Waals surface area contributed by atoms with Crippen LogP contribution in [0.2, 0.25) is 5.02 Å². The normalized spacial score (nSPS) is 10.9. The molecular formula is C21H16ClN3OS. The Hall–Kier alpha value is -2.76. The minimum atomic E-state index is -0.112. The number of fused-ring (bicyclic) bond motifs is 1. The Morgan fingerprint density at radius 2 is 1.93 bits per heavy atom. The summed E-state index contributed by atoms with van der Waals surface area (Å²) < 4.78 is 0.977. The molecule has 0 saturated carbocycles. The number of rotatable bonds is 4. The van der Waals surface area contributed by atoms with Gasteiger partial charge in [-0.25, -0.2) is 4.98 Å². The highest BCUT2D eigenvalue weighted by atomic mass is 35.5. The summed E-state index contributed by atoms with van der Waals surface area (Å²) in [4.78, 5) is 21.4. The van der Waals surface area contributed by atoms with Crippen LogP contribution in [0.4, 0.5) is 0 Å². The molecule has 0 fully saturated rings. The van der Waals surface area contributed by atoms with Crippen LogP contribution in [0.15, 0.2) is 60.9 Å². The molecule has 4 aromatic rings. The number of hydrogen-bond acceptors (Lipinski definition) is 4. The van der Waals surface area contributed by atoms with Crippen molar-refractivity contribution in [2.45, 2.75) is 13.5 Å². The average molecular weight is 394 g/mol. The third kappa shape index (κ3) is 3.99. The van der Waals surface area contributed by atoms with E-state index >= 15 is 0 Å². The Balaban J connectivity index is 1.54. The van der Waals surface area contributed by atoms with Gasteiger partial charge in [0.05, 0.1) is 10.2 Å². The smallest absolute Gasteiger partial charge is 0.251 e. The maximum Gasteiger partial charge on any atom is 0.251 e. The number of aromatic nitrogens is 2. The van der Waals surface area contributed by atoms with Crippen molar-refractivity contribution in [3.05, 3.63) is 82.6 Å². The Kier molecular flexibility index (Phi) is 4.88. The average Bonchev–Trinajstić information content (AvgIpc) is 3.11. The highest BCUT2D eigenvalue weighted by Crippen LogP contribution is 2.30. The monoisotopic (exact) mass is 393 g/mol. The molecule has 0 bridgehead atoms. The quantitative estimate of drug-likeness (QED) is 0.515. The molecule has 0 aliphatic carbocycles. The van der Waals surface area contributed by atoms with Gasteiger partial charge in [0.15, 0.2) is 0 Å². The first-order chi connectivity index (χ1) is 13.1. The molecule has 6 heteroatoms. The van der Waals surface area contributed by atoms with Crippen molar-refractivity contribution in [2.24, 2.45) is 0 Å². The summed E-state index contributed by atoms with van der Waals surface area (Å²) in [5, 5.41) is 4.52. The minimum Gasteiger partial charge on any atom is -0.348 e. The van der Waals surface area contributed by atoms with Crippen molar-refractivity contribution in [1.82, 2.24) is 15.3 Å². The molecule has 1 amide bonds. The van der Waals surface area contributed by atoms with E-state index < -0.39 is 0 Å². The van der Waals surface area contributed by atoms with Crippen LogP contribution < -0.4 is 5.32 Å². The lowest BCUT2D eigenvalue weighted by Crippen LogP contribution is -2.22. The van der Waals surface area contributed by atoms with Crippen molar-refractivity contribution in [3.8, 4) is 10.6 Å². The van der Waals surface area contributed by atoms with Gasteiger partial charge in [-0.05, 0) is 54.4 Å².